The summed E-state index contributed by atoms with van der Waals surface area (Å²) in [5.74, 6) is 5.52. The minimum atomic E-state index is -4.34. The van der Waals surface area contributed by atoms with Crippen molar-refractivity contribution in [3.63, 3.8) is 0 Å². The lowest BCUT2D eigenvalue weighted by atomic mass is 10.2. The van der Waals surface area contributed by atoms with E-state index in [1.54, 1.807) is 6.07 Å². The van der Waals surface area contributed by atoms with Gasteiger partial charge >= 0.3 is 6.18 Å². The molecule has 0 saturated carbocycles. The SMILES string of the molecule is NNc1cc(Nc2ccc(C(F)(F)F)cc2)cnn1. The van der Waals surface area contributed by atoms with Crippen LogP contribution in [0.4, 0.5) is 30.4 Å². The van der Waals surface area contributed by atoms with Crippen LogP contribution in [0.1, 0.15) is 5.56 Å². The molecule has 2 rings (SSSR count). The maximum Gasteiger partial charge on any atom is 0.416 e. The van der Waals surface area contributed by atoms with E-state index in [4.69, 9.17) is 5.84 Å². The molecule has 1 heterocycles. The number of nitrogens with zero attached hydrogens (tertiary/aromatic N) is 2. The van der Waals surface area contributed by atoms with Crippen LogP contribution < -0.4 is 16.6 Å². The van der Waals surface area contributed by atoms with Gasteiger partial charge in [-0.05, 0) is 24.3 Å². The van der Waals surface area contributed by atoms with Crippen LogP contribution in [0.2, 0.25) is 0 Å². The van der Waals surface area contributed by atoms with Crippen molar-refractivity contribution in [2.24, 2.45) is 5.84 Å². The van der Waals surface area contributed by atoms with Gasteiger partial charge in [0.15, 0.2) is 5.82 Å². The molecular weight excluding hydrogens is 259 g/mol. The zero-order chi connectivity index (χ0) is 13.9. The van der Waals surface area contributed by atoms with Gasteiger partial charge in [0.1, 0.15) is 0 Å². The minimum absolute atomic E-state index is 0.344. The molecule has 0 aliphatic heterocycles. The van der Waals surface area contributed by atoms with Crippen molar-refractivity contribution < 1.29 is 13.2 Å². The number of rotatable bonds is 3. The summed E-state index contributed by atoms with van der Waals surface area (Å²) in [6.45, 7) is 0. The topological polar surface area (TPSA) is 75.9 Å². The maximum absolute atomic E-state index is 12.4. The number of alkyl halides is 3. The zero-order valence-electron chi connectivity index (χ0n) is 9.57. The molecule has 100 valence electrons. The van der Waals surface area contributed by atoms with Crippen LogP contribution in [0.3, 0.4) is 0 Å². The molecule has 8 heteroatoms. The summed E-state index contributed by atoms with van der Waals surface area (Å²) in [6, 6.07) is 6.24. The number of hydrogen-bond donors (Lipinski definition) is 3. The summed E-state index contributed by atoms with van der Waals surface area (Å²) in [7, 11) is 0. The Morgan fingerprint density at radius 3 is 2.32 bits per heavy atom. The van der Waals surface area contributed by atoms with Crippen molar-refractivity contribution in [2.75, 3.05) is 10.7 Å². The Labute approximate surface area is 106 Å². The van der Waals surface area contributed by atoms with Crippen molar-refractivity contribution in [3.05, 3.63) is 42.1 Å². The number of nitrogens with one attached hydrogen (secondary N) is 2. The Bertz CT molecular complexity index is 553. The summed E-state index contributed by atoms with van der Waals surface area (Å²) < 4.78 is 37.2. The highest BCUT2D eigenvalue weighted by Gasteiger charge is 2.29. The van der Waals surface area contributed by atoms with E-state index in [1.807, 2.05) is 0 Å². The summed E-state index contributed by atoms with van der Waals surface area (Å²) in [4.78, 5) is 0. The van der Waals surface area contributed by atoms with E-state index in [2.05, 4.69) is 20.9 Å². The standard InChI is InChI=1S/C11H10F3N5/c12-11(13,14)7-1-3-8(4-2-7)17-9-5-10(18-15)19-16-6-9/h1-6H,15H2,(H2,17,18,19). The fraction of sp³-hybridized carbons (Fsp3) is 0.0909. The van der Waals surface area contributed by atoms with Crippen LogP contribution in [0.5, 0.6) is 0 Å². The Morgan fingerprint density at radius 1 is 1.05 bits per heavy atom. The van der Waals surface area contributed by atoms with Crippen LogP contribution in [-0.4, -0.2) is 10.2 Å². The molecular formula is C11H10F3N5. The lowest BCUT2D eigenvalue weighted by Crippen LogP contribution is -2.09. The predicted molar refractivity (Wildman–Crippen MR) is 64.6 cm³/mol. The zero-order valence-corrected chi connectivity index (χ0v) is 9.57. The van der Waals surface area contributed by atoms with E-state index in [-0.39, 0.29) is 0 Å². The highest BCUT2D eigenvalue weighted by Crippen LogP contribution is 2.30. The molecule has 0 aliphatic carbocycles. The monoisotopic (exact) mass is 269 g/mol. The van der Waals surface area contributed by atoms with E-state index in [9.17, 15) is 13.2 Å². The second-order valence-corrected chi connectivity index (χ2v) is 3.67. The number of aromatic nitrogens is 2. The molecule has 2 aromatic rings. The molecule has 19 heavy (non-hydrogen) atoms. The molecule has 0 atom stereocenters. The van der Waals surface area contributed by atoms with Gasteiger partial charge in [-0.1, -0.05) is 0 Å². The molecule has 0 fully saturated rings. The molecule has 5 nitrogen and oxygen atoms in total. The maximum atomic E-state index is 12.4. The third-order valence-corrected chi connectivity index (χ3v) is 2.30. The first kappa shape index (κ1) is 13.1. The fourth-order valence-corrected chi connectivity index (χ4v) is 1.41. The highest BCUT2D eigenvalue weighted by molar-refractivity contribution is 5.61. The lowest BCUT2D eigenvalue weighted by Gasteiger charge is -2.09. The number of nitrogens with two attached hydrogens (primary N) is 1. The van der Waals surface area contributed by atoms with Gasteiger partial charge in [0.2, 0.25) is 0 Å². The molecule has 0 unspecified atom stereocenters. The highest BCUT2D eigenvalue weighted by atomic mass is 19.4. The molecule has 1 aromatic carbocycles. The van der Waals surface area contributed by atoms with Crippen molar-refractivity contribution in [1.82, 2.24) is 10.2 Å². The van der Waals surface area contributed by atoms with Gasteiger partial charge in [-0.25, -0.2) is 5.84 Å². The first-order valence-corrected chi connectivity index (χ1v) is 5.22. The number of hydrogen-bond acceptors (Lipinski definition) is 5. The van der Waals surface area contributed by atoms with E-state index in [1.165, 1.54) is 18.3 Å². The molecule has 1 aromatic heterocycles. The van der Waals surface area contributed by atoms with Crippen LogP contribution in [0.25, 0.3) is 0 Å². The second kappa shape index (κ2) is 5.11. The quantitative estimate of drug-likeness (QED) is 0.589. The number of hydrazine groups is 1. The predicted octanol–water partition coefficient (Wildman–Crippen LogP) is 2.52. The van der Waals surface area contributed by atoms with Crippen molar-refractivity contribution in [3.8, 4) is 0 Å². The molecule has 4 N–H and O–H groups in total. The van der Waals surface area contributed by atoms with Gasteiger partial charge in [0.25, 0.3) is 0 Å². The van der Waals surface area contributed by atoms with Crippen molar-refractivity contribution >= 4 is 17.2 Å². The second-order valence-electron chi connectivity index (χ2n) is 3.67. The molecule has 0 spiro atoms. The molecule has 0 bridgehead atoms. The number of benzene rings is 1. The normalized spacial score (nSPS) is 11.2. The fourth-order valence-electron chi connectivity index (χ4n) is 1.41. The van der Waals surface area contributed by atoms with Gasteiger partial charge in [-0.3, -0.25) is 0 Å². The van der Waals surface area contributed by atoms with E-state index >= 15 is 0 Å². The average molecular weight is 269 g/mol. The van der Waals surface area contributed by atoms with Gasteiger partial charge in [-0.2, -0.15) is 18.3 Å². The van der Waals surface area contributed by atoms with Crippen molar-refractivity contribution in [2.45, 2.75) is 6.18 Å². The van der Waals surface area contributed by atoms with Gasteiger partial charge in [0.05, 0.1) is 17.4 Å². The largest absolute Gasteiger partial charge is 0.416 e. The number of nitrogen functional groups attached to an aromatic ring is 1. The smallest absolute Gasteiger partial charge is 0.354 e. The van der Waals surface area contributed by atoms with E-state index in [0.29, 0.717) is 17.2 Å². The average Bonchev–Trinajstić information content (AvgIpc) is 2.38. The van der Waals surface area contributed by atoms with Gasteiger partial charge in [-0.15, -0.1) is 5.10 Å². The molecule has 0 aliphatic rings. The first-order chi connectivity index (χ1) is 8.99. The Kier molecular flexibility index (Phi) is 3.52. The Balaban J connectivity index is 2.15. The Morgan fingerprint density at radius 2 is 1.74 bits per heavy atom. The van der Waals surface area contributed by atoms with Crippen LogP contribution in [0, 0.1) is 0 Å². The lowest BCUT2D eigenvalue weighted by molar-refractivity contribution is -0.137. The van der Waals surface area contributed by atoms with Crippen LogP contribution in [-0.2, 0) is 6.18 Å². The molecule has 0 amide bonds. The van der Waals surface area contributed by atoms with E-state index in [0.717, 1.165) is 12.1 Å². The van der Waals surface area contributed by atoms with Crippen molar-refractivity contribution in [1.29, 1.82) is 0 Å². The summed E-state index contributed by atoms with van der Waals surface area (Å²) in [5, 5.41) is 10.2. The third kappa shape index (κ3) is 3.32. The summed E-state index contributed by atoms with van der Waals surface area (Å²) >= 11 is 0. The Hall–Kier alpha value is -2.35. The summed E-state index contributed by atoms with van der Waals surface area (Å²) in [5.41, 5.74) is 2.68. The molecule has 0 radical (unpaired) electrons. The minimum Gasteiger partial charge on any atom is -0.354 e. The first-order valence-electron chi connectivity index (χ1n) is 5.22. The number of halogens is 3. The van der Waals surface area contributed by atoms with Crippen LogP contribution >= 0.6 is 0 Å². The van der Waals surface area contributed by atoms with Crippen LogP contribution in [0.15, 0.2) is 36.5 Å². The summed E-state index contributed by atoms with van der Waals surface area (Å²) in [6.07, 6.45) is -2.91. The molecule has 0 saturated heterocycles. The van der Waals surface area contributed by atoms with Gasteiger partial charge < -0.3 is 10.7 Å². The van der Waals surface area contributed by atoms with E-state index < -0.39 is 11.7 Å². The third-order valence-electron chi connectivity index (χ3n) is 2.30. The van der Waals surface area contributed by atoms with Gasteiger partial charge in [0, 0.05) is 11.8 Å². The number of anilines is 3.